The van der Waals surface area contributed by atoms with Gasteiger partial charge in [0.05, 0.1) is 5.60 Å². The van der Waals surface area contributed by atoms with Crippen LogP contribution in [0.4, 0.5) is 0 Å². The fraction of sp³-hybridized carbons (Fsp3) is 1.00. The highest BCUT2D eigenvalue weighted by Crippen LogP contribution is 2.49. The molecule has 0 rings (SSSR count). The van der Waals surface area contributed by atoms with Gasteiger partial charge in [-0.1, -0.05) is 0 Å². The molecule has 80 valence electrons. The van der Waals surface area contributed by atoms with Crippen molar-refractivity contribution in [2.24, 2.45) is 0 Å². The highest BCUT2D eigenvalue weighted by Gasteiger charge is 2.40. The number of rotatable bonds is 4. The molecule has 0 aliphatic rings. The van der Waals surface area contributed by atoms with Crippen LogP contribution in [0.15, 0.2) is 0 Å². The van der Waals surface area contributed by atoms with Crippen LogP contribution in [-0.2, 0) is 13.6 Å². The Morgan fingerprint density at radius 2 is 1.62 bits per heavy atom. The zero-order valence-corrected chi connectivity index (χ0v) is 10.0. The molecule has 0 fully saturated rings. The summed E-state index contributed by atoms with van der Waals surface area (Å²) in [5.74, 6) is 0. The lowest BCUT2D eigenvalue weighted by Crippen LogP contribution is -2.46. The molecule has 0 saturated heterocycles. The quantitative estimate of drug-likeness (QED) is 0.721. The summed E-state index contributed by atoms with van der Waals surface area (Å²) >= 11 is 0. The molecule has 13 heavy (non-hydrogen) atoms. The van der Waals surface area contributed by atoms with E-state index in [1.807, 2.05) is 0 Å². The summed E-state index contributed by atoms with van der Waals surface area (Å²) in [6, 6.07) is 0. The Balaban J connectivity index is 4.62. The molecule has 0 heterocycles. The molecule has 0 amide bonds. The summed E-state index contributed by atoms with van der Waals surface area (Å²) in [6.07, 6.45) is 0. The Morgan fingerprint density at radius 3 is 1.85 bits per heavy atom. The number of hydrogen-bond acceptors (Lipinski definition) is 4. The summed E-state index contributed by atoms with van der Waals surface area (Å²) in [4.78, 5) is 0. The molecule has 0 bridgehead atoms. The molecule has 1 atom stereocenters. The Kier molecular flexibility index (Phi) is 3.73. The summed E-state index contributed by atoms with van der Waals surface area (Å²) in [5.41, 5.74) is -1.98. The Labute approximate surface area is 79.8 Å². The fourth-order valence-electron chi connectivity index (χ4n) is 0.564. The van der Waals surface area contributed by atoms with Crippen molar-refractivity contribution >= 4 is 7.60 Å². The zero-order valence-electron chi connectivity index (χ0n) is 9.12. The van der Waals surface area contributed by atoms with Crippen molar-refractivity contribution in [3.63, 3.8) is 0 Å². The van der Waals surface area contributed by atoms with E-state index in [9.17, 15) is 9.67 Å². The molecule has 0 saturated carbocycles. The van der Waals surface area contributed by atoms with Gasteiger partial charge in [0.2, 0.25) is 0 Å². The van der Waals surface area contributed by atoms with Crippen LogP contribution in [0.5, 0.6) is 0 Å². The minimum atomic E-state index is -3.05. The van der Waals surface area contributed by atoms with Gasteiger partial charge in [0.1, 0.15) is 5.60 Å². The second kappa shape index (κ2) is 3.70. The van der Waals surface area contributed by atoms with Crippen LogP contribution in [0, 0.1) is 0 Å². The monoisotopic (exact) mass is 210 g/mol. The van der Waals surface area contributed by atoms with Crippen molar-refractivity contribution in [3.8, 4) is 0 Å². The summed E-state index contributed by atoms with van der Waals surface area (Å²) in [6.45, 7) is 7.91. The maximum absolute atomic E-state index is 11.5. The second-order valence-corrected chi connectivity index (χ2v) is 6.20. The molecular formula is C8H19O4P. The van der Waals surface area contributed by atoms with E-state index in [0.29, 0.717) is 0 Å². The van der Waals surface area contributed by atoms with Crippen LogP contribution in [-0.4, -0.2) is 30.1 Å². The standard InChI is InChI=1S/C8H19O4P/c1-7(2,9)8(3,4)12-13(6,10)11-5/h9H,1-6H3. The SMILES string of the molecule is COP(C)(=O)OC(C)(C)C(C)(C)O. The van der Waals surface area contributed by atoms with E-state index in [1.165, 1.54) is 13.8 Å². The van der Waals surface area contributed by atoms with Crippen molar-refractivity contribution in [3.05, 3.63) is 0 Å². The third-order valence-corrected chi connectivity index (χ3v) is 3.65. The van der Waals surface area contributed by atoms with Gasteiger partial charge in [-0.15, -0.1) is 0 Å². The van der Waals surface area contributed by atoms with Gasteiger partial charge in [-0.2, -0.15) is 0 Å². The van der Waals surface area contributed by atoms with Gasteiger partial charge < -0.3 is 9.63 Å². The van der Waals surface area contributed by atoms with E-state index in [4.69, 9.17) is 9.05 Å². The smallest absolute Gasteiger partial charge is 0.327 e. The number of hydrogen-bond donors (Lipinski definition) is 1. The molecule has 0 aliphatic heterocycles. The normalized spacial score (nSPS) is 18.4. The summed E-state index contributed by atoms with van der Waals surface area (Å²) in [7, 11) is -1.73. The average molecular weight is 210 g/mol. The van der Waals surface area contributed by atoms with Gasteiger partial charge in [-0.05, 0) is 27.7 Å². The van der Waals surface area contributed by atoms with Crippen LogP contribution < -0.4 is 0 Å². The van der Waals surface area contributed by atoms with Crippen LogP contribution in [0.25, 0.3) is 0 Å². The number of aliphatic hydroxyl groups is 1. The van der Waals surface area contributed by atoms with E-state index >= 15 is 0 Å². The van der Waals surface area contributed by atoms with Crippen LogP contribution in [0.1, 0.15) is 27.7 Å². The third kappa shape index (κ3) is 3.77. The average Bonchev–Trinajstić information content (AvgIpc) is 1.83. The van der Waals surface area contributed by atoms with E-state index in [-0.39, 0.29) is 0 Å². The molecule has 0 aromatic rings. The van der Waals surface area contributed by atoms with Crippen LogP contribution >= 0.6 is 7.60 Å². The zero-order chi connectivity index (χ0) is 10.9. The third-order valence-electron chi connectivity index (χ3n) is 2.20. The first-order valence-corrected chi connectivity index (χ1v) is 6.07. The van der Waals surface area contributed by atoms with Gasteiger partial charge in [0.15, 0.2) is 0 Å². The van der Waals surface area contributed by atoms with E-state index in [2.05, 4.69) is 0 Å². The first-order chi connectivity index (χ1) is 5.52. The van der Waals surface area contributed by atoms with Gasteiger partial charge in [0.25, 0.3) is 0 Å². The van der Waals surface area contributed by atoms with Gasteiger partial charge in [-0.3, -0.25) is 9.09 Å². The van der Waals surface area contributed by atoms with Gasteiger partial charge >= 0.3 is 7.60 Å². The molecular weight excluding hydrogens is 191 g/mol. The van der Waals surface area contributed by atoms with E-state index < -0.39 is 18.8 Å². The van der Waals surface area contributed by atoms with Gasteiger partial charge in [-0.25, -0.2) is 0 Å². The molecule has 1 N–H and O–H groups in total. The lowest BCUT2D eigenvalue weighted by molar-refractivity contribution is -0.0951. The van der Waals surface area contributed by atoms with Crippen molar-refractivity contribution in [1.29, 1.82) is 0 Å². The van der Waals surface area contributed by atoms with Crippen molar-refractivity contribution < 1.29 is 18.7 Å². The predicted molar refractivity (Wildman–Crippen MR) is 52.0 cm³/mol. The molecule has 0 radical (unpaired) electrons. The van der Waals surface area contributed by atoms with Crippen molar-refractivity contribution in [2.75, 3.05) is 13.8 Å². The van der Waals surface area contributed by atoms with E-state index in [1.54, 1.807) is 27.7 Å². The predicted octanol–water partition coefficient (Wildman–Crippen LogP) is 2.02. The minimum Gasteiger partial charge on any atom is -0.387 e. The minimum absolute atomic E-state index is 0.909. The molecule has 1 unspecified atom stereocenters. The molecule has 4 nitrogen and oxygen atoms in total. The van der Waals surface area contributed by atoms with Crippen molar-refractivity contribution in [2.45, 2.75) is 38.9 Å². The van der Waals surface area contributed by atoms with Crippen LogP contribution in [0.3, 0.4) is 0 Å². The molecule has 0 aromatic carbocycles. The topological polar surface area (TPSA) is 55.8 Å². The Morgan fingerprint density at radius 1 is 1.23 bits per heavy atom. The maximum atomic E-state index is 11.5. The summed E-state index contributed by atoms with van der Waals surface area (Å²) in [5, 5.41) is 9.70. The first-order valence-electron chi connectivity index (χ1n) is 4.08. The Hall–Kier alpha value is 0.110. The second-order valence-electron chi connectivity index (χ2n) is 4.11. The molecule has 0 aromatic heterocycles. The molecule has 0 aliphatic carbocycles. The molecule has 0 spiro atoms. The van der Waals surface area contributed by atoms with Crippen molar-refractivity contribution in [1.82, 2.24) is 0 Å². The highest BCUT2D eigenvalue weighted by atomic mass is 31.2. The van der Waals surface area contributed by atoms with Crippen LogP contribution in [0.2, 0.25) is 0 Å². The lowest BCUT2D eigenvalue weighted by atomic mass is 9.90. The lowest BCUT2D eigenvalue weighted by Gasteiger charge is -2.38. The molecule has 5 heteroatoms. The Bertz CT molecular complexity index is 217. The highest BCUT2D eigenvalue weighted by molar-refractivity contribution is 7.53. The van der Waals surface area contributed by atoms with E-state index in [0.717, 1.165) is 0 Å². The largest absolute Gasteiger partial charge is 0.387 e. The fourth-order valence-corrected chi connectivity index (χ4v) is 1.69. The van der Waals surface area contributed by atoms with Gasteiger partial charge in [0, 0.05) is 13.8 Å². The summed E-state index contributed by atoms with van der Waals surface area (Å²) < 4.78 is 21.4. The first kappa shape index (κ1) is 13.1. The maximum Gasteiger partial charge on any atom is 0.327 e.